The Hall–Kier alpha value is -3.92. The molecule has 39 heavy (non-hydrogen) atoms. The van der Waals surface area contributed by atoms with Gasteiger partial charge in [-0.05, 0) is 80.3 Å². The van der Waals surface area contributed by atoms with E-state index in [2.05, 4.69) is 28.5 Å². The maximum Gasteiger partial charge on any atom is 0.328 e. The zero-order valence-electron chi connectivity index (χ0n) is 22.8. The molecule has 0 radical (unpaired) electrons. The number of sulfonamides is 1. The second-order valence-electron chi connectivity index (χ2n) is 9.42. The number of carbonyl (C=O) groups is 1. The first kappa shape index (κ1) is 28.1. The zero-order valence-corrected chi connectivity index (χ0v) is 23.6. The van der Waals surface area contributed by atoms with Gasteiger partial charge in [-0.2, -0.15) is 0 Å². The minimum Gasteiger partial charge on any atom is -0.494 e. The van der Waals surface area contributed by atoms with E-state index in [0.717, 1.165) is 58.8 Å². The molecular weight excluding hydrogens is 514 g/mol. The van der Waals surface area contributed by atoms with Gasteiger partial charge in [0.15, 0.2) is 5.65 Å². The van der Waals surface area contributed by atoms with Crippen LogP contribution in [-0.4, -0.2) is 42.1 Å². The van der Waals surface area contributed by atoms with Crippen molar-refractivity contribution in [3.05, 3.63) is 77.2 Å². The van der Waals surface area contributed by atoms with E-state index in [1.807, 2.05) is 44.2 Å². The van der Waals surface area contributed by atoms with Crippen LogP contribution in [0.15, 0.2) is 59.5 Å². The second-order valence-corrected chi connectivity index (χ2v) is 11.1. The summed E-state index contributed by atoms with van der Waals surface area (Å²) >= 11 is 0. The van der Waals surface area contributed by atoms with Crippen LogP contribution in [0.5, 0.6) is 5.75 Å². The van der Waals surface area contributed by atoms with Crippen molar-refractivity contribution >= 4 is 27.2 Å². The third-order valence-corrected chi connectivity index (χ3v) is 7.69. The first-order valence-electron chi connectivity index (χ1n) is 13.2. The lowest BCUT2D eigenvalue weighted by Crippen LogP contribution is -2.40. The lowest BCUT2D eigenvalue weighted by atomic mass is 10.1. The average molecular weight is 550 g/mol. The van der Waals surface area contributed by atoms with Crippen LogP contribution in [0.2, 0.25) is 0 Å². The molecule has 2 aromatic heterocycles. The molecule has 4 aromatic rings. The molecule has 0 aliphatic heterocycles. The third kappa shape index (κ3) is 6.75. The van der Waals surface area contributed by atoms with Gasteiger partial charge in [0.25, 0.3) is 10.0 Å². The molecule has 0 spiro atoms. The molecule has 0 bridgehead atoms. The van der Waals surface area contributed by atoms with E-state index in [1.165, 1.54) is 12.1 Å². The van der Waals surface area contributed by atoms with Gasteiger partial charge in [0, 0.05) is 24.3 Å². The Balaban J connectivity index is 1.34. The fourth-order valence-electron chi connectivity index (χ4n) is 4.31. The maximum absolute atomic E-state index is 12.6. The van der Waals surface area contributed by atoms with Crippen molar-refractivity contribution in [3.63, 3.8) is 0 Å². The molecule has 0 saturated carbocycles. The van der Waals surface area contributed by atoms with Gasteiger partial charge in [-0.1, -0.05) is 32.4 Å². The van der Waals surface area contributed by atoms with E-state index in [1.54, 1.807) is 12.1 Å². The summed E-state index contributed by atoms with van der Waals surface area (Å²) in [6.07, 6.45) is 3.25. The van der Waals surface area contributed by atoms with Crippen molar-refractivity contribution < 1.29 is 17.9 Å². The summed E-state index contributed by atoms with van der Waals surface area (Å²) in [6, 6.07) is 15.3. The number of nitrogens with one attached hydrogen (secondary N) is 2. The minimum absolute atomic E-state index is 0.00516. The number of aromatic nitrogens is 3. The number of imidazole rings is 1. The number of hydrogen-bond donors (Lipinski definition) is 2. The van der Waals surface area contributed by atoms with Crippen LogP contribution in [-0.2, 0) is 22.9 Å². The number of aryl methyl sites for hydroxylation is 3. The normalized spacial score (nSPS) is 11.5. The molecule has 2 heterocycles. The fraction of sp³-hybridized carbons (Fsp3) is 0.345. The highest BCUT2D eigenvalue weighted by Crippen LogP contribution is 2.24. The average Bonchev–Trinajstić information content (AvgIpc) is 3.28. The standard InChI is InChI=1S/C29H35N5O4S/c1-5-7-18-38-24-12-14-25(15-13-24)39(36,37)33-29(35)30-17-16-22-8-10-23(11-9-22)34-26(6-2)32-27-20(3)19-21(4)31-28(27)34/h8-15,19H,5-7,16-18H2,1-4H3,(H2,30,33,35). The van der Waals surface area contributed by atoms with Crippen molar-refractivity contribution in [2.75, 3.05) is 13.2 Å². The monoisotopic (exact) mass is 549 g/mol. The van der Waals surface area contributed by atoms with Gasteiger partial charge >= 0.3 is 6.03 Å². The molecule has 0 aliphatic rings. The number of amides is 2. The van der Waals surface area contributed by atoms with Crippen molar-refractivity contribution in [3.8, 4) is 11.4 Å². The van der Waals surface area contributed by atoms with Crippen molar-refractivity contribution in [2.24, 2.45) is 0 Å². The summed E-state index contributed by atoms with van der Waals surface area (Å²) in [6.45, 7) is 9.01. The van der Waals surface area contributed by atoms with Gasteiger partial charge in [0.1, 0.15) is 17.1 Å². The van der Waals surface area contributed by atoms with Gasteiger partial charge < -0.3 is 10.1 Å². The highest BCUT2D eigenvalue weighted by atomic mass is 32.2. The molecule has 2 N–H and O–H groups in total. The molecule has 0 fully saturated rings. The summed E-state index contributed by atoms with van der Waals surface area (Å²) in [5.41, 5.74) is 5.76. The third-order valence-electron chi connectivity index (χ3n) is 6.34. The van der Waals surface area contributed by atoms with Crippen LogP contribution < -0.4 is 14.8 Å². The van der Waals surface area contributed by atoms with Crippen LogP contribution >= 0.6 is 0 Å². The first-order chi connectivity index (χ1) is 18.7. The first-order valence-corrected chi connectivity index (χ1v) is 14.7. The molecule has 0 unspecified atom stereocenters. The number of urea groups is 1. The number of unbranched alkanes of at least 4 members (excludes halogenated alkanes) is 1. The zero-order chi connectivity index (χ0) is 28.0. The minimum atomic E-state index is -3.99. The fourth-order valence-corrected chi connectivity index (χ4v) is 5.24. The SMILES string of the molecule is CCCCOc1ccc(S(=O)(=O)NC(=O)NCCc2ccc(-n3c(CC)nc4c(C)cc(C)nc43)cc2)cc1. The molecule has 2 aromatic carbocycles. The second kappa shape index (κ2) is 12.3. The van der Waals surface area contributed by atoms with Crippen LogP contribution in [0.1, 0.15) is 49.3 Å². The van der Waals surface area contributed by atoms with Crippen molar-refractivity contribution in [1.29, 1.82) is 0 Å². The highest BCUT2D eigenvalue weighted by molar-refractivity contribution is 7.90. The Kier molecular flexibility index (Phi) is 8.86. The highest BCUT2D eigenvalue weighted by Gasteiger charge is 2.18. The molecule has 4 rings (SSSR count). The Morgan fingerprint density at radius 3 is 2.38 bits per heavy atom. The van der Waals surface area contributed by atoms with Crippen molar-refractivity contribution in [2.45, 2.75) is 58.3 Å². The van der Waals surface area contributed by atoms with Crippen LogP contribution in [0, 0.1) is 13.8 Å². The molecular formula is C29H35N5O4S. The molecule has 0 aliphatic carbocycles. The summed E-state index contributed by atoms with van der Waals surface area (Å²) in [5, 5.41) is 2.62. The van der Waals surface area contributed by atoms with Gasteiger partial charge in [0.05, 0.1) is 11.5 Å². The Labute approximate surface area is 229 Å². The molecule has 2 amide bonds. The summed E-state index contributed by atoms with van der Waals surface area (Å²) in [7, 11) is -3.99. The van der Waals surface area contributed by atoms with Gasteiger partial charge in [-0.15, -0.1) is 0 Å². The van der Waals surface area contributed by atoms with E-state index in [9.17, 15) is 13.2 Å². The number of rotatable bonds is 11. The predicted octanol–water partition coefficient (Wildman–Crippen LogP) is 5.01. The number of hydrogen-bond acceptors (Lipinski definition) is 6. The topological polar surface area (TPSA) is 115 Å². The molecule has 10 heteroatoms. The molecule has 9 nitrogen and oxygen atoms in total. The number of pyridine rings is 1. The van der Waals surface area contributed by atoms with Crippen molar-refractivity contribution in [1.82, 2.24) is 24.6 Å². The summed E-state index contributed by atoms with van der Waals surface area (Å²) < 4.78 is 34.8. The number of fused-ring (bicyclic) bond motifs is 1. The van der Waals surface area contributed by atoms with Gasteiger partial charge in [0.2, 0.25) is 0 Å². The van der Waals surface area contributed by atoms with E-state index >= 15 is 0 Å². The van der Waals surface area contributed by atoms with E-state index in [-0.39, 0.29) is 11.4 Å². The van der Waals surface area contributed by atoms with Gasteiger partial charge in [-0.25, -0.2) is 27.9 Å². The summed E-state index contributed by atoms with van der Waals surface area (Å²) in [4.78, 5) is 21.8. The largest absolute Gasteiger partial charge is 0.494 e. The Morgan fingerprint density at radius 2 is 1.72 bits per heavy atom. The summed E-state index contributed by atoms with van der Waals surface area (Å²) in [5.74, 6) is 1.53. The molecule has 0 atom stereocenters. The van der Waals surface area contributed by atoms with E-state index in [4.69, 9.17) is 14.7 Å². The Morgan fingerprint density at radius 1 is 1.00 bits per heavy atom. The predicted molar refractivity (Wildman–Crippen MR) is 152 cm³/mol. The lowest BCUT2D eigenvalue weighted by molar-refractivity contribution is 0.246. The van der Waals surface area contributed by atoms with Gasteiger partial charge in [-0.3, -0.25) is 4.57 Å². The van der Waals surface area contributed by atoms with Crippen LogP contribution in [0.25, 0.3) is 16.9 Å². The number of ether oxygens (including phenoxy) is 1. The number of carbonyl (C=O) groups excluding carboxylic acids is 1. The number of benzene rings is 2. The van der Waals surface area contributed by atoms with Crippen LogP contribution in [0.4, 0.5) is 4.79 Å². The number of nitrogens with zero attached hydrogens (tertiary/aromatic N) is 3. The van der Waals surface area contributed by atoms with E-state index in [0.29, 0.717) is 18.8 Å². The van der Waals surface area contributed by atoms with E-state index < -0.39 is 16.1 Å². The molecule has 206 valence electrons. The molecule has 0 saturated heterocycles. The maximum atomic E-state index is 12.6. The smallest absolute Gasteiger partial charge is 0.328 e. The lowest BCUT2D eigenvalue weighted by Gasteiger charge is -2.11. The van der Waals surface area contributed by atoms with Crippen LogP contribution in [0.3, 0.4) is 0 Å². The Bertz CT molecular complexity index is 1550. The quantitative estimate of drug-likeness (QED) is 0.254.